The molecule has 0 aromatic heterocycles. The van der Waals surface area contributed by atoms with Crippen molar-refractivity contribution in [3.8, 4) is 0 Å². The molecule has 0 aliphatic rings. The maximum atomic E-state index is 13.1. The van der Waals surface area contributed by atoms with Gasteiger partial charge in [0.1, 0.15) is 17.2 Å². The molecule has 1 N–H and O–H groups in total. The van der Waals surface area contributed by atoms with Gasteiger partial charge in [-0.2, -0.15) is 0 Å². The highest BCUT2D eigenvalue weighted by atomic mass is 35.5. The summed E-state index contributed by atoms with van der Waals surface area (Å²) < 4.78 is 26.2. The number of allylic oxidation sites excluding steroid dienone is 1. The fraction of sp³-hybridized carbons (Fsp3) is 0.100. The van der Waals surface area contributed by atoms with Crippen LogP contribution in [-0.4, -0.2) is 17.0 Å². The normalized spacial score (nSPS) is 10.9. The van der Waals surface area contributed by atoms with E-state index in [0.29, 0.717) is 0 Å². The van der Waals surface area contributed by atoms with Gasteiger partial charge in [-0.15, -0.1) is 11.6 Å². The van der Waals surface area contributed by atoms with Crippen molar-refractivity contribution in [2.45, 2.75) is 0 Å². The van der Waals surface area contributed by atoms with Crippen molar-refractivity contribution < 1.29 is 18.7 Å². The summed E-state index contributed by atoms with van der Waals surface area (Å²) in [7, 11) is 0. The zero-order valence-electron chi connectivity index (χ0n) is 7.51. The van der Waals surface area contributed by atoms with Gasteiger partial charge in [0.25, 0.3) is 0 Å². The Morgan fingerprint density at radius 1 is 1.40 bits per heavy atom. The summed E-state index contributed by atoms with van der Waals surface area (Å²) in [4.78, 5) is 10.4. The van der Waals surface area contributed by atoms with Gasteiger partial charge in [0.2, 0.25) is 0 Å². The van der Waals surface area contributed by atoms with Crippen molar-refractivity contribution in [2.24, 2.45) is 0 Å². The lowest BCUT2D eigenvalue weighted by molar-refractivity contribution is 0.0686. The van der Waals surface area contributed by atoms with Gasteiger partial charge in [0, 0.05) is 5.88 Å². The summed E-state index contributed by atoms with van der Waals surface area (Å²) in [6.45, 7) is 0. The van der Waals surface area contributed by atoms with E-state index in [1.54, 1.807) is 0 Å². The average molecular weight is 233 g/mol. The molecule has 0 bridgehead atoms. The zero-order chi connectivity index (χ0) is 11.4. The second-order valence-corrected chi connectivity index (χ2v) is 3.03. The van der Waals surface area contributed by atoms with Crippen molar-refractivity contribution >= 4 is 23.6 Å². The number of carboxylic acid groups (broad SMARTS) is 1. The Kier molecular flexibility index (Phi) is 3.80. The molecule has 0 spiro atoms. The van der Waals surface area contributed by atoms with Crippen molar-refractivity contribution in [1.29, 1.82) is 0 Å². The monoisotopic (exact) mass is 232 g/mol. The van der Waals surface area contributed by atoms with Gasteiger partial charge < -0.3 is 5.11 Å². The molecule has 0 saturated heterocycles. The summed E-state index contributed by atoms with van der Waals surface area (Å²) in [5.41, 5.74) is -0.714. The van der Waals surface area contributed by atoms with E-state index in [4.69, 9.17) is 16.7 Å². The number of aromatic carboxylic acids is 1. The van der Waals surface area contributed by atoms with Crippen LogP contribution in [0.5, 0.6) is 0 Å². The first kappa shape index (κ1) is 11.7. The second kappa shape index (κ2) is 4.89. The molecule has 1 aromatic rings. The Morgan fingerprint density at radius 3 is 2.33 bits per heavy atom. The van der Waals surface area contributed by atoms with Crippen molar-refractivity contribution in [1.82, 2.24) is 0 Å². The van der Waals surface area contributed by atoms with Gasteiger partial charge in [-0.05, 0) is 17.7 Å². The van der Waals surface area contributed by atoms with E-state index in [9.17, 15) is 13.6 Å². The number of carbonyl (C=O) groups is 1. The third kappa shape index (κ3) is 2.76. The molecule has 0 fully saturated rings. The van der Waals surface area contributed by atoms with Crippen LogP contribution in [0, 0.1) is 11.6 Å². The summed E-state index contributed by atoms with van der Waals surface area (Å²) in [5, 5.41) is 8.49. The maximum absolute atomic E-state index is 13.1. The summed E-state index contributed by atoms with van der Waals surface area (Å²) in [5.74, 6) is -3.62. The molecule has 0 saturated carbocycles. The number of hydrogen-bond donors (Lipinski definition) is 1. The van der Waals surface area contributed by atoms with Gasteiger partial charge in [0.15, 0.2) is 0 Å². The molecular formula is C10H7ClF2O2. The Balaban J connectivity index is 3.19. The van der Waals surface area contributed by atoms with E-state index in [2.05, 4.69) is 0 Å². The SMILES string of the molecule is O=C(O)c1c(F)cc(C=CCCl)cc1F. The van der Waals surface area contributed by atoms with Crippen LogP contribution in [0.2, 0.25) is 0 Å². The number of carboxylic acids is 1. The number of halogens is 3. The molecule has 80 valence electrons. The van der Waals surface area contributed by atoms with Crippen LogP contribution in [0.15, 0.2) is 18.2 Å². The van der Waals surface area contributed by atoms with Crippen LogP contribution >= 0.6 is 11.6 Å². The Labute approximate surface area is 89.8 Å². The van der Waals surface area contributed by atoms with Crippen LogP contribution in [0.25, 0.3) is 6.08 Å². The highest BCUT2D eigenvalue weighted by Gasteiger charge is 2.16. The molecule has 5 heteroatoms. The van der Waals surface area contributed by atoms with Crippen molar-refractivity contribution in [3.63, 3.8) is 0 Å². The fourth-order valence-electron chi connectivity index (χ4n) is 1.07. The maximum Gasteiger partial charge on any atom is 0.341 e. The lowest BCUT2D eigenvalue weighted by Gasteiger charge is -2.01. The van der Waals surface area contributed by atoms with E-state index in [-0.39, 0.29) is 11.4 Å². The number of alkyl halides is 1. The summed E-state index contributed by atoms with van der Waals surface area (Å²) in [6.07, 6.45) is 2.90. The molecule has 0 amide bonds. The largest absolute Gasteiger partial charge is 0.477 e. The Bertz CT molecular complexity index is 393. The molecule has 0 heterocycles. The molecular weight excluding hydrogens is 226 g/mol. The lowest BCUT2D eigenvalue weighted by Crippen LogP contribution is -2.04. The topological polar surface area (TPSA) is 37.3 Å². The van der Waals surface area contributed by atoms with E-state index < -0.39 is 23.2 Å². The molecule has 0 aliphatic carbocycles. The van der Waals surface area contributed by atoms with E-state index in [1.165, 1.54) is 12.2 Å². The minimum Gasteiger partial charge on any atom is -0.477 e. The highest BCUT2D eigenvalue weighted by Crippen LogP contribution is 2.16. The third-order valence-electron chi connectivity index (χ3n) is 1.68. The standard InChI is InChI=1S/C10H7ClF2O2/c11-3-1-2-6-4-7(12)9(10(14)15)8(13)5-6/h1-2,4-5H,3H2,(H,14,15). The molecule has 15 heavy (non-hydrogen) atoms. The molecule has 0 atom stereocenters. The first-order valence-corrected chi connectivity index (χ1v) is 4.54. The average Bonchev–Trinajstić information content (AvgIpc) is 2.12. The molecule has 0 radical (unpaired) electrons. The van der Waals surface area contributed by atoms with E-state index >= 15 is 0 Å². The van der Waals surface area contributed by atoms with Gasteiger partial charge >= 0.3 is 5.97 Å². The fourth-order valence-corrected chi connectivity index (χ4v) is 1.16. The lowest BCUT2D eigenvalue weighted by atomic mass is 10.1. The minimum atomic E-state index is -1.63. The van der Waals surface area contributed by atoms with E-state index in [1.807, 2.05) is 0 Å². The van der Waals surface area contributed by atoms with Crippen LogP contribution in [-0.2, 0) is 0 Å². The number of benzene rings is 1. The Morgan fingerprint density at radius 2 is 1.93 bits per heavy atom. The zero-order valence-corrected chi connectivity index (χ0v) is 8.26. The smallest absolute Gasteiger partial charge is 0.341 e. The third-order valence-corrected chi connectivity index (χ3v) is 1.86. The highest BCUT2D eigenvalue weighted by molar-refractivity contribution is 6.19. The quantitative estimate of drug-likeness (QED) is 0.814. The molecule has 1 aromatic carbocycles. The van der Waals surface area contributed by atoms with Gasteiger partial charge in [-0.25, -0.2) is 13.6 Å². The predicted octanol–water partition coefficient (Wildman–Crippen LogP) is 2.92. The second-order valence-electron chi connectivity index (χ2n) is 2.72. The summed E-state index contributed by atoms with van der Waals surface area (Å²) >= 11 is 5.34. The van der Waals surface area contributed by atoms with E-state index in [0.717, 1.165) is 12.1 Å². The number of rotatable bonds is 3. The minimum absolute atomic E-state index is 0.212. The first-order chi connectivity index (χ1) is 7.06. The Hall–Kier alpha value is -1.42. The van der Waals surface area contributed by atoms with Crippen molar-refractivity contribution in [2.75, 3.05) is 5.88 Å². The van der Waals surface area contributed by atoms with Crippen LogP contribution in [0.4, 0.5) is 8.78 Å². The number of hydrogen-bond acceptors (Lipinski definition) is 1. The molecule has 0 aliphatic heterocycles. The molecule has 2 nitrogen and oxygen atoms in total. The first-order valence-electron chi connectivity index (χ1n) is 4.01. The van der Waals surface area contributed by atoms with Crippen LogP contribution in [0.1, 0.15) is 15.9 Å². The van der Waals surface area contributed by atoms with Crippen molar-refractivity contribution in [3.05, 3.63) is 41.0 Å². The summed E-state index contributed by atoms with van der Waals surface area (Å²) in [6, 6.07) is 1.88. The molecule has 0 unspecified atom stereocenters. The van der Waals surface area contributed by atoms with Gasteiger partial charge in [-0.3, -0.25) is 0 Å². The predicted molar refractivity (Wildman–Crippen MR) is 53.1 cm³/mol. The van der Waals surface area contributed by atoms with Gasteiger partial charge in [-0.1, -0.05) is 12.2 Å². The van der Waals surface area contributed by atoms with Crippen LogP contribution < -0.4 is 0 Å². The molecule has 1 rings (SSSR count). The van der Waals surface area contributed by atoms with Gasteiger partial charge in [0.05, 0.1) is 0 Å². The van der Waals surface area contributed by atoms with Crippen LogP contribution in [0.3, 0.4) is 0 Å².